The highest BCUT2D eigenvalue weighted by molar-refractivity contribution is 8.00. The van der Waals surface area contributed by atoms with Crippen molar-refractivity contribution in [1.82, 2.24) is 14.8 Å². The van der Waals surface area contributed by atoms with Crippen molar-refractivity contribution in [2.45, 2.75) is 35.3 Å². The molecule has 2 aromatic rings. The molecule has 0 fully saturated rings. The molecule has 0 amide bonds. The van der Waals surface area contributed by atoms with Gasteiger partial charge in [0, 0.05) is 16.3 Å². The highest BCUT2D eigenvalue weighted by Crippen LogP contribution is 2.33. The number of nitriles is 1. The molecule has 1 aromatic heterocycles. The zero-order valence-corrected chi connectivity index (χ0v) is 12.8. The van der Waals surface area contributed by atoms with Crippen molar-refractivity contribution in [3.8, 4) is 6.07 Å². The van der Waals surface area contributed by atoms with Crippen molar-refractivity contribution in [2.75, 3.05) is 5.75 Å². The van der Waals surface area contributed by atoms with E-state index in [1.807, 2.05) is 32.0 Å². The number of nitrogens with one attached hydrogen (secondary N) is 1. The van der Waals surface area contributed by atoms with Gasteiger partial charge in [-0.3, -0.25) is 4.57 Å². The quantitative estimate of drug-likeness (QED) is 0.860. The molecule has 1 heterocycles. The third kappa shape index (κ3) is 2.92. The smallest absolute Gasteiger partial charge is 0.270 e. The summed E-state index contributed by atoms with van der Waals surface area (Å²) in [5.74, 6) is 0.908. The van der Waals surface area contributed by atoms with Crippen LogP contribution < -0.4 is 5.69 Å². The first-order chi connectivity index (χ1) is 9.71. The molecule has 0 aliphatic heterocycles. The van der Waals surface area contributed by atoms with E-state index in [0.717, 1.165) is 15.5 Å². The van der Waals surface area contributed by atoms with Gasteiger partial charge in [0.05, 0.1) is 5.56 Å². The van der Waals surface area contributed by atoms with Crippen LogP contribution in [0.3, 0.4) is 0 Å². The molecule has 104 valence electrons. The van der Waals surface area contributed by atoms with Gasteiger partial charge in [-0.1, -0.05) is 13.0 Å². The van der Waals surface area contributed by atoms with E-state index in [1.54, 1.807) is 16.3 Å². The van der Waals surface area contributed by atoms with Crippen LogP contribution in [-0.2, 0) is 6.54 Å². The second-order valence-electron chi connectivity index (χ2n) is 3.83. The molecule has 0 aliphatic carbocycles. The summed E-state index contributed by atoms with van der Waals surface area (Å²) >= 11 is 2.97. The van der Waals surface area contributed by atoms with Crippen LogP contribution in [0.1, 0.15) is 19.4 Å². The Morgan fingerprint density at radius 3 is 2.80 bits per heavy atom. The minimum Gasteiger partial charge on any atom is -0.270 e. The summed E-state index contributed by atoms with van der Waals surface area (Å²) in [5.41, 5.74) is 0.412. The molecule has 0 radical (unpaired) electrons. The van der Waals surface area contributed by atoms with Gasteiger partial charge >= 0.3 is 5.69 Å². The Labute approximate surface area is 125 Å². The molecule has 2 rings (SSSR count). The van der Waals surface area contributed by atoms with Gasteiger partial charge < -0.3 is 0 Å². The van der Waals surface area contributed by atoms with E-state index in [1.165, 1.54) is 11.8 Å². The number of hydrogen-bond acceptors (Lipinski definition) is 5. The van der Waals surface area contributed by atoms with E-state index in [0.29, 0.717) is 17.3 Å². The molecular weight excluding hydrogens is 292 g/mol. The zero-order chi connectivity index (χ0) is 14.5. The van der Waals surface area contributed by atoms with Gasteiger partial charge in [0.25, 0.3) is 0 Å². The van der Waals surface area contributed by atoms with E-state index in [4.69, 9.17) is 0 Å². The molecule has 0 saturated heterocycles. The molecule has 0 spiro atoms. The fourth-order valence-electron chi connectivity index (χ4n) is 1.74. The van der Waals surface area contributed by atoms with E-state index in [-0.39, 0.29) is 5.69 Å². The third-order valence-electron chi connectivity index (χ3n) is 2.64. The minimum atomic E-state index is -0.229. The lowest BCUT2D eigenvalue weighted by atomic mass is 10.2. The Kier molecular flexibility index (Phi) is 4.93. The summed E-state index contributed by atoms with van der Waals surface area (Å²) < 4.78 is 1.55. The number of hydrogen-bond donors (Lipinski definition) is 1. The van der Waals surface area contributed by atoms with Crippen LogP contribution in [-0.4, -0.2) is 20.5 Å². The van der Waals surface area contributed by atoms with Gasteiger partial charge in [0.1, 0.15) is 6.07 Å². The highest BCUT2D eigenvalue weighted by Gasteiger charge is 2.13. The van der Waals surface area contributed by atoms with Crippen molar-refractivity contribution in [1.29, 1.82) is 5.26 Å². The van der Waals surface area contributed by atoms with E-state index >= 15 is 0 Å². The number of H-pyrrole nitrogens is 1. The predicted octanol–water partition coefficient (Wildman–Crippen LogP) is 2.73. The highest BCUT2D eigenvalue weighted by atomic mass is 32.2. The largest absolute Gasteiger partial charge is 0.343 e. The number of aromatic amines is 1. The first kappa shape index (κ1) is 14.8. The number of thioether (sulfide) groups is 1. The second-order valence-corrected chi connectivity index (χ2v) is 6.15. The van der Waals surface area contributed by atoms with Gasteiger partial charge in [-0.2, -0.15) is 5.26 Å². The third-order valence-corrected chi connectivity index (χ3v) is 4.63. The van der Waals surface area contributed by atoms with E-state index < -0.39 is 0 Å². The fourth-order valence-corrected chi connectivity index (χ4v) is 3.61. The van der Waals surface area contributed by atoms with Gasteiger partial charge in [0.15, 0.2) is 5.16 Å². The summed E-state index contributed by atoms with van der Waals surface area (Å²) in [6.07, 6.45) is 0. The Morgan fingerprint density at radius 2 is 2.15 bits per heavy atom. The average Bonchev–Trinajstić information content (AvgIpc) is 2.80. The summed E-state index contributed by atoms with van der Waals surface area (Å²) in [6.45, 7) is 4.48. The van der Waals surface area contributed by atoms with Crippen LogP contribution in [0.15, 0.2) is 37.9 Å². The molecule has 0 aliphatic rings. The number of benzene rings is 1. The van der Waals surface area contributed by atoms with Gasteiger partial charge in [-0.05, 0) is 36.6 Å². The Balaban J connectivity index is 2.41. The van der Waals surface area contributed by atoms with Crippen LogP contribution in [0.2, 0.25) is 0 Å². The molecule has 0 bridgehead atoms. The van der Waals surface area contributed by atoms with Crippen LogP contribution >= 0.6 is 23.5 Å². The monoisotopic (exact) mass is 306 g/mol. The van der Waals surface area contributed by atoms with Crippen molar-refractivity contribution >= 4 is 23.5 Å². The maximum atomic E-state index is 11.5. The van der Waals surface area contributed by atoms with Gasteiger partial charge in [-0.15, -0.1) is 16.9 Å². The van der Waals surface area contributed by atoms with E-state index in [2.05, 4.69) is 16.3 Å². The maximum absolute atomic E-state index is 11.5. The number of nitrogens with zero attached hydrogens (tertiary/aromatic N) is 3. The predicted molar refractivity (Wildman–Crippen MR) is 80.2 cm³/mol. The Bertz CT molecular complexity index is 699. The summed E-state index contributed by atoms with van der Waals surface area (Å²) in [7, 11) is 0. The van der Waals surface area contributed by atoms with Crippen molar-refractivity contribution in [3.05, 3.63) is 34.2 Å². The lowest BCUT2D eigenvalue weighted by Gasteiger charge is -2.07. The zero-order valence-electron chi connectivity index (χ0n) is 11.2. The number of aromatic nitrogens is 3. The SMILES string of the molecule is CCSc1cccc(Sc2n[nH]c(=O)n2CC)c1C#N. The number of rotatable bonds is 5. The molecule has 0 atom stereocenters. The normalized spacial score (nSPS) is 10.4. The fraction of sp³-hybridized carbons (Fsp3) is 0.308. The molecule has 0 unspecified atom stereocenters. The average molecular weight is 306 g/mol. The van der Waals surface area contributed by atoms with Gasteiger partial charge in [-0.25, -0.2) is 9.89 Å². The Morgan fingerprint density at radius 1 is 1.40 bits per heavy atom. The molecule has 1 aromatic carbocycles. The summed E-state index contributed by atoms with van der Waals surface area (Å²) in [5, 5.41) is 16.4. The first-order valence-corrected chi connectivity index (χ1v) is 8.00. The van der Waals surface area contributed by atoms with E-state index in [9.17, 15) is 10.1 Å². The van der Waals surface area contributed by atoms with Crippen molar-refractivity contribution < 1.29 is 0 Å². The van der Waals surface area contributed by atoms with Crippen molar-refractivity contribution in [3.63, 3.8) is 0 Å². The Hall–Kier alpha value is -1.65. The van der Waals surface area contributed by atoms with Crippen molar-refractivity contribution in [2.24, 2.45) is 0 Å². The molecule has 0 saturated carbocycles. The molecule has 7 heteroatoms. The second kappa shape index (κ2) is 6.68. The standard InChI is InChI=1S/C13H14N4OS2/c1-3-17-12(18)15-16-13(17)20-11-7-5-6-10(19-4-2)9(11)8-14/h5-7H,3-4H2,1-2H3,(H,15,18). The first-order valence-electron chi connectivity index (χ1n) is 6.20. The lowest BCUT2D eigenvalue weighted by molar-refractivity contribution is 0.660. The molecule has 20 heavy (non-hydrogen) atoms. The minimum absolute atomic E-state index is 0.229. The topological polar surface area (TPSA) is 74.5 Å². The lowest BCUT2D eigenvalue weighted by Crippen LogP contribution is -2.16. The van der Waals surface area contributed by atoms with Crippen LogP contribution in [0.5, 0.6) is 0 Å². The molecule has 5 nitrogen and oxygen atoms in total. The van der Waals surface area contributed by atoms with Gasteiger partial charge in [0.2, 0.25) is 0 Å². The molecular formula is C13H14N4OS2. The van der Waals surface area contributed by atoms with Crippen LogP contribution in [0, 0.1) is 11.3 Å². The molecule has 1 N–H and O–H groups in total. The summed E-state index contributed by atoms with van der Waals surface area (Å²) in [6, 6.07) is 7.98. The van der Waals surface area contributed by atoms with Crippen LogP contribution in [0.4, 0.5) is 0 Å². The summed E-state index contributed by atoms with van der Waals surface area (Å²) in [4.78, 5) is 13.3. The van der Waals surface area contributed by atoms with Crippen LogP contribution in [0.25, 0.3) is 0 Å². The maximum Gasteiger partial charge on any atom is 0.343 e.